The monoisotopic (exact) mass is 805 g/mol. The standard InChI is InChI=1S/C46H78NO8P/c1-6-8-10-12-14-16-18-20-22-23-25-27-29-31-33-35-37-39-46(49)55-44(43-54-56(50,51)53-41-40-47(3,4)5)42-52-45(48)38-36-34-32-30-28-26-24-21-19-17-15-13-11-9-7-2/h16,18-19,21-23,26-29,32-35,44H,6-15,17,20,24-25,30-31,36-43H2,1-5H3/p+1/b18-16-,21-19-,23-22-,28-26-,29-27-,34-32-,35-33-. The summed E-state index contributed by atoms with van der Waals surface area (Å²) in [4.78, 5) is 35.2. The van der Waals surface area contributed by atoms with Crippen LogP contribution in [0.2, 0.25) is 0 Å². The first-order valence-electron chi connectivity index (χ1n) is 21.3. The minimum atomic E-state index is -4.41. The van der Waals surface area contributed by atoms with Crippen LogP contribution >= 0.6 is 7.82 Å². The zero-order chi connectivity index (χ0) is 41.4. The van der Waals surface area contributed by atoms with Crippen molar-refractivity contribution < 1.29 is 42.1 Å². The fourth-order valence-electron chi connectivity index (χ4n) is 5.05. The molecule has 9 nitrogen and oxygen atoms in total. The molecule has 0 saturated heterocycles. The van der Waals surface area contributed by atoms with Crippen LogP contribution in [0, 0.1) is 0 Å². The molecule has 0 aromatic rings. The van der Waals surface area contributed by atoms with Crippen LogP contribution in [0.3, 0.4) is 0 Å². The molecule has 1 N–H and O–H groups in total. The van der Waals surface area contributed by atoms with Crippen molar-refractivity contribution in [1.29, 1.82) is 0 Å². The Kier molecular flexibility index (Phi) is 35.9. The summed E-state index contributed by atoms with van der Waals surface area (Å²) in [6.45, 7) is 4.20. The van der Waals surface area contributed by atoms with E-state index in [1.54, 1.807) is 0 Å². The number of hydrogen-bond acceptors (Lipinski definition) is 7. The number of hydrogen-bond donors (Lipinski definition) is 1. The molecule has 56 heavy (non-hydrogen) atoms. The molecule has 0 radical (unpaired) electrons. The van der Waals surface area contributed by atoms with E-state index >= 15 is 0 Å². The molecule has 0 aliphatic rings. The van der Waals surface area contributed by atoms with Gasteiger partial charge in [-0.3, -0.25) is 18.6 Å². The summed E-state index contributed by atoms with van der Waals surface area (Å²) >= 11 is 0. The van der Waals surface area contributed by atoms with Gasteiger partial charge in [0.05, 0.1) is 27.7 Å². The molecule has 0 fully saturated rings. The number of rotatable bonds is 37. The summed E-state index contributed by atoms with van der Waals surface area (Å²) in [7, 11) is 1.39. The summed E-state index contributed by atoms with van der Waals surface area (Å²) in [5, 5.41) is 0. The van der Waals surface area contributed by atoms with Crippen LogP contribution in [-0.2, 0) is 32.7 Å². The second-order valence-corrected chi connectivity index (χ2v) is 16.5. The number of allylic oxidation sites excluding steroid dienone is 14. The van der Waals surface area contributed by atoms with Crippen LogP contribution in [0.5, 0.6) is 0 Å². The van der Waals surface area contributed by atoms with Crippen molar-refractivity contribution in [2.24, 2.45) is 0 Å². The van der Waals surface area contributed by atoms with Crippen molar-refractivity contribution in [3.8, 4) is 0 Å². The Hall–Kier alpha value is -2.81. The van der Waals surface area contributed by atoms with Crippen LogP contribution in [0.25, 0.3) is 0 Å². The molecule has 2 unspecified atom stereocenters. The molecular formula is C46H79NO8P+. The van der Waals surface area contributed by atoms with Gasteiger partial charge in [0.25, 0.3) is 0 Å². The van der Waals surface area contributed by atoms with E-state index in [1.165, 1.54) is 57.8 Å². The third-order valence-corrected chi connectivity index (χ3v) is 9.41. The van der Waals surface area contributed by atoms with E-state index in [2.05, 4.69) is 74.6 Å². The van der Waals surface area contributed by atoms with Gasteiger partial charge in [-0.15, -0.1) is 0 Å². The first-order valence-corrected chi connectivity index (χ1v) is 22.8. The second kappa shape index (κ2) is 37.7. The van der Waals surface area contributed by atoms with Gasteiger partial charge in [0, 0.05) is 12.8 Å². The van der Waals surface area contributed by atoms with Crippen molar-refractivity contribution in [2.45, 2.75) is 148 Å². The zero-order valence-corrected chi connectivity index (χ0v) is 36.7. The SMILES string of the molecule is CCCCCC/C=C\C/C=C\C/C=C\C/C=C\CCC(=O)OC(COC(=O)CC/C=C\C/C=C\C/C=C\CCCCCCC)COP(=O)(O)OCC[N+](C)(C)C. The number of likely N-dealkylation sites (N-methyl/N-ethyl adjacent to an activating group) is 1. The van der Waals surface area contributed by atoms with Crippen LogP contribution in [-0.4, -0.2) is 74.9 Å². The molecule has 2 atom stereocenters. The van der Waals surface area contributed by atoms with Crippen molar-refractivity contribution in [3.05, 3.63) is 85.1 Å². The minimum Gasteiger partial charge on any atom is -0.462 e. The predicted molar refractivity (Wildman–Crippen MR) is 233 cm³/mol. The van der Waals surface area contributed by atoms with Gasteiger partial charge in [-0.05, 0) is 70.6 Å². The molecule has 0 aliphatic carbocycles. The second-order valence-electron chi connectivity index (χ2n) is 15.0. The third-order valence-electron chi connectivity index (χ3n) is 8.42. The quantitative estimate of drug-likeness (QED) is 0.0217. The molecule has 0 amide bonds. The zero-order valence-electron chi connectivity index (χ0n) is 35.8. The summed E-state index contributed by atoms with van der Waals surface area (Å²) in [6.07, 6.45) is 48.1. The average Bonchev–Trinajstić information content (AvgIpc) is 3.15. The normalized spacial score (nSPS) is 14.5. The summed E-state index contributed by atoms with van der Waals surface area (Å²) < 4.78 is 34.1. The first-order chi connectivity index (χ1) is 27.0. The van der Waals surface area contributed by atoms with E-state index in [1.807, 2.05) is 45.4 Å². The molecule has 0 rings (SSSR count). The molecule has 0 aliphatic heterocycles. The van der Waals surface area contributed by atoms with Crippen LogP contribution < -0.4 is 0 Å². The number of quaternary nitrogens is 1. The lowest BCUT2D eigenvalue weighted by molar-refractivity contribution is -0.870. The van der Waals surface area contributed by atoms with Crippen LogP contribution in [0.1, 0.15) is 142 Å². The van der Waals surface area contributed by atoms with Gasteiger partial charge >= 0.3 is 19.8 Å². The fourth-order valence-corrected chi connectivity index (χ4v) is 5.79. The highest BCUT2D eigenvalue weighted by Crippen LogP contribution is 2.43. The Morgan fingerprint density at radius 3 is 1.43 bits per heavy atom. The lowest BCUT2D eigenvalue weighted by atomic mass is 10.1. The molecule has 0 heterocycles. The maximum Gasteiger partial charge on any atom is 0.472 e. The Morgan fingerprint density at radius 1 is 0.554 bits per heavy atom. The van der Waals surface area contributed by atoms with E-state index in [4.69, 9.17) is 18.5 Å². The summed E-state index contributed by atoms with van der Waals surface area (Å²) in [6, 6.07) is 0. The van der Waals surface area contributed by atoms with Gasteiger partial charge in [-0.25, -0.2) is 4.57 Å². The maximum absolute atomic E-state index is 12.6. The topological polar surface area (TPSA) is 108 Å². The molecule has 0 bridgehead atoms. The van der Waals surface area contributed by atoms with Gasteiger partial charge in [0.2, 0.25) is 0 Å². The smallest absolute Gasteiger partial charge is 0.462 e. The third kappa shape index (κ3) is 40.8. The molecule has 0 spiro atoms. The Morgan fingerprint density at radius 2 is 0.964 bits per heavy atom. The number of phosphoric ester groups is 1. The Bertz CT molecular complexity index is 1230. The largest absolute Gasteiger partial charge is 0.472 e. The average molecular weight is 805 g/mol. The van der Waals surface area contributed by atoms with Gasteiger partial charge in [-0.1, -0.05) is 144 Å². The Labute approximate surface area is 341 Å². The molecule has 320 valence electrons. The van der Waals surface area contributed by atoms with Gasteiger partial charge in [-0.2, -0.15) is 0 Å². The lowest BCUT2D eigenvalue weighted by Gasteiger charge is -2.24. The van der Waals surface area contributed by atoms with Crippen molar-refractivity contribution in [2.75, 3.05) is 47.5 Å². The number of unbranched alkanes of at least 4 members (excludes halogenated alkanes) is 9. The lowest BCUT2D eigenvalue weighted by Crippen LogP contribution is -2.37. The van der Waals surface area contributed by atoms with Crippen LogP contribution in [0.15, 0.2) is 85.1 Å². The van der Waals surface area contributed by atoms with Crippen molar-refractivity contribution >= 4 is 19.8 Å². The first kappa shape index (κ1) is 53.2. The van der Waals surface area contributed by atoms with E-state index in [0.29, 0.717) is 23.9 Å². The Balaban J connectivity index is 4.62. The van der Waals surface area contributed by atoms with Crippen molar-refractivity contribution in [1.82, 2.24) is 0 Å². The van der Waals surface area contributed by atoms with Crippen molar-refractivity contribution in [3.63, 3.8) is 0 Å². The molecular weight excluding hydrogens is 725 g/mol. The number of carbonyl (C=O) groups excluding carboxylic acids is 2. The number of carbonyl (C=O) groups is 2. The molecule has 0 aromatic carbocycles. The predicted octanol–water partition coefficient (Wildman–Crippen LogP) is 12.0. The molecule has 0 aromatic heterocycles. The number of nitrogens with zero attached hydrogens (tertiary/aromatic N) is 1. The van der Waals surface area contributed by atoms with Gasteiger partial charge < -0.3 is 18.9 Å². The van der Waals surface area contributed by atoms with E-state index in [0.717, 1.165) is 44.9 Å². The molecule has 0 saturated carbocycles. The van der Waals surface area contributed by atoms with Gasteiger partial charge in [0.15, 0.2) is 6.10 Å². The molecule has 10 heteroatoms. The fraction of sp³-hybridized carbons (Fsp3) is 0.652. The maximum atomic E-state index is 12.6. The number of phosphoric acid groups is 1. The van der Waals surface area contributed by atoms with E-state index < -0.39 is 32.5 Å². The summed E-state index contributed by atoms with van der Waals surface area (Å²) in [5.74, 6) is -0.989. The minimum absolute atomic E-state index is 0.00542. The highest BCUT2D eigenvalue weighted by Gasteiger charge is 2.27. The van der Waals surface area contributed by atoms with Crippen LogP contribution in [0.4, 0.5) is 0 Å². The highest BCUT2D eigenvalue weighted by molar-refractivity contribution is 7.47. The van der Waals surface area contributed by atoms with E-state index in [-0.39, 0.29) is 26.1 Å². The number of esters is 2. The highest BCUT2D eigenvalue weighted by atomic mass is 31.2. The summed E-state index contributed by atoms with van der Waals surface area (Å²) in [5.41, 5.74) is 0. The van der Waals surface area contributed by atoms with Gasteiger partial charge in [0.1, 0.15) is 19.8 Å². The van der Waals surface area contributed by atoms with E-state index in [9.17, 15) is 19.0 Å². The number of ether oxygens (including phenoxy) is 2.